The molecule has 0 radical (unpaired) electrons. The SMILES string of the molecule is CC(C)(C)OC(=O)C[C@@H]1NCCN(CC(N)=O)C1=O. The fraction of sp³-hybridized carbons (Fsp3) is 0.750. The molecule has 0 bridgehead atoms. The summed E-state index contributed by atoms with van der Waals surface area (Å²) in [6.07, 6.45) is -0.0502. The fourth-order valence-electron chi connectivity index (χ4n) is 1.85. The standard InChI is InChI=1S/C12H21N3O4/c1-12(2,3)19-10(17)6-8-11(18)15(5-4-14-8)7-9(13)16/h8,14H,4-7H2,1-3H3,(H2,13,16)/t8-/m0/s1. The van der Waals surface area contributed by atoms with E-state index in [9.17, 15) is 14.4 Å². The number of carbonyl (C=O) groups excluding carboxylic acids is 3. The van der Waals surface area contributed by atoms with Crippen molar-refractivity contribution in [3.63, 3.8) is 0 Å². The van der Waals surface area contributed by atoms with Gasteiger partial charge < -0.3 is 20.7 Å². The molecule has 1 saturated heterocycles. The van der Waals surface area contributed by atoms with E-state index in [4.69, 9.17) is 10.5 Å². The van der Waals surface area contributed by atoms with Gasteiger partial charge in [0, 0.05) is 13.1 Å². The number of amides is 2. The molecule has 2 amide bonds. The van der Waals surface area contributed by atoms with Crippen molar-refractivity contribution >= 4 is 17.8 Å². The van der Waals surface area contributed by atoms with Gasteiger partial charge in [-0.1, -0.05) is 0 Å². The molecule has 108 valence electrons. The van der Waals surface area contributed by atoms with Gasteiger partial charge in [-0.3, -0.25) is 14.4 Å². The van der Waals surface area contributed by atoms with Gasteiger partial charge in [0.15, 0.2) is 0 Å². The van der Waals surface area contributed by atoms with Gasteiger partial charge in [-0.05, 0) is 20.8 Å². The number of nitrogens with zero attached hydrogens (tertiary/aromatic N) is 1. The van der Waals surface area contributed by atoms with E-state index >= 15 is 0 Å². The van der Waals surface area contributed by atoms with Crippen molar-refractivity contribution in [3.8, 4) is 0 Å². The molecule has 0 saturated carbocycles. The summed E-state index contributed by atoms with van der Waals surface area (Å²) < 4.78 is 5.16. The first kappa shape index (κ1) is 15.4. The van der Waals surface area contributed by atoms with Crippen LogP contribution in [0.3, 0.4) is 0 Å². The summed E-state index contributed by atoms with van der Waals surface area (Å²) in [6, 6.07) is -0.650. The Balaban J connectivity index is 2.56. The minimum Gasteiger partial charge on any atom is -0.460 e. The monoisotopic (exact) mass is 271 g/mol. The molecule has 1 heterocycles. The summed E-state index contributed by atoms with van der Waals surface area (Å²) in [5, 5.41) is 2.94. The number of carbonyl (C=O) groups is 3. The van der Waals surface area contributed by atoms with Crippen LogP contribution in [-0.2, 0) is 19.1 Å². The first-order valence-electron chi connectivity index (χ1n) is 6.21. The summed E-state index contributed by atoms with van der Waals surface area (Å²) in [6.45, 7) is 6.10. The molecule has 0 aromatic heterocycles. The van der Waals surface area contributed by atoms with E-state index in [0.29, 0.717) is 13.1 Å². The molecular formula is C12H21N3O4. The van der Waals surface area contributed by atoms with Crippen molar-refractivity contribution < 1.29 is 19.1 Å². The molecule has 7 heteroatoms. The van der Waals surface area contributed by atoms with Crippen LogP contribution >= 0.6 is 0 Å². The second kappa shape index (κ2) is 6.01. The van der Waals surface area contributed by atoms with Crippen molar-refractivity contribution in [1.82, 2.24) is 10.2 Å². The van der Waals surface area contributed by atoms with Gasteiger partial charge in [0.25, 0.3) is 0 Å². The Kier molecular flexibility index (Phi) is 4.88. The van der Waals surface area contributed by atoms with E-state index < -0.39 is 23.5 Å². The first-order chi connectivity index (χ1) is 8.69. The predicted octanol–water partition coefficient (Wildman–Crippen LogP) is -0.996. The van der Waals surface area contributed by atoms with Crippen LogP contribution in [0.2, 0.25) is 0 Å². The summed E-state index contributed by atoms with van der Waals surface area (Å²) in [7, 11) is 0. The van der Waals surface area contributed by atoms with E-state index in [1.54, 1.807) is 20.8 Å². The van der Waals surface area contributed by atoms with Crippen LogP contribution in [0.25, 0.3) is 0 Å². The van der Waals surface area contributed by atoms with Gasteiger partial charge in [-0.2, -0.15) is 0 Å². The second-order valence-corrected chi connectivity index (χ2v) is 5.52. The van der Waals surface area contributed by atoms with Crippen molar-refractivity contribution in [1.29, 1.82) is 0 Å². The molecule has 1 aliphatic rings. The zero-order chi connectivity index (χ0) is 14.6. The van der Waals surface area contributed by atoms with Crippen LogP contribution in [-0.4, -0.2) is 54.0 Å². The molecule has 19 heavy (non-hydrogen) atoms. The van der Waals surface area contributed by atoms with E-state index in [1.165, 1.54) is 4.90 Å². The third kappa shape index (κ3) is 5.25. The number of ether oxygens (including phenoxy) is 1. The molecule has 1 atom stereocenters. The van der Waals surface area contributed by atoms with Crippen LogP contribution in [0.5, 0.6) is 0 Å². The Labute approximate surface area is 112 Å². The molecule has 0 spiro atoms. The minimum absolute atomic E-state index is 0.0502. The van der Waals surface area contributed by atoms with Gasteiger partial charge in [-0.25, -0.2) is 0 Å². The van der Waals surface area contributed by atoms with Gasteiger partial charge in [0.2, 0.25) is 11.8 Å². The van der Waals surface area contributed by atoms with Crippen molar-refractivity contribution in [2.24, 2.45) is 5.73 Å². The van der Waals surface area contributed by atoms with Crippen LogP contribution in [0.1, 0.15) is 27.2 Å². The number of esters is 1. The number of nitrogens with two attached hydrogens (primary N) is 1. The van der Waals surface area contributed by atoms with Gasteiger partial charge in [-0.15, -0.1) is 0 Å². The Hall–Kier alpha value is -1.63. The highest BCUT2D eigenvalue weighted by atomic mass is 16.6. The van der Waals surface area contributed by atoms with Crippen LogP contribution in [0, 0.1) is 0 Å². The lowest BCUT2D eigenvalue weighted by molar-refractivity contribution is -0.157. The Morgan fingerprint density at radius 2 is 2.11 bits per heavy atom. The van der Waals surface area contributed by atoms with E-state index in [0.717, 1.165) is 0 Å². The Morgan fingerprint density at radius 1 is 1.47 bits per heavy atom. The third-order valence-electron chi connectivity index (χ3n) is 2.52. The lowest BCUT2D eigenvalue weighted by Crippen LogP contribution is -2.57. The fourth-order valence-corrected chi connectivity index (χ4v) is 1.85. The van der Waals surface area contributed by atoms with Gasteiger partial charge >= 0.3 is 5.97 Å². The summed E-state index contributed by atoms with van der Waals surface area (Å²) in [4.78, 5) is 35.9. The molecule has 1 aliphatic heterocycles. The quantitative estimate of drug-likeness (QED) is 0.639. The summed E-state index contributed by atoms with van der Waals surface area (Å²) >= 11 is 0. The molecule has 7 nitrogen and oxygen atoms in total. The number of rotatable bonds is 4. The van der Waals surface area contributed by atoms with Gasteiger partial charge in [0.1, 0.15) is 5.60 Å². The molecule has 0 aliphatic carbocycles. The van der Waals surface area contributed by atoms with Crippen LogP contribution < -0.4 is 11.1 Å². The molecule has 0 aromatic rings. The normalized spacial score (nSPS) is 20.3. The van der Waals surface area contributed by atoms with E-state index in [2.05, 4.69) is 5.32 Å². The number of piperazine rings is 1. The van der Waals surface area contributed by atoms with E-state index in [-0.39, 0.29) is 18.9 Å². The number of hydrogen-bond donors (Lipinski definition) is 2. The number of nitrogens with one attached hydrogen (secondary N) is 1. The third-order valence-corrected chi connectivity index (χ3v) is 2.52. The second-order valence-electron chi connectivity index (χ2n) is 5.52. The molecule has 1 fully saturated rings. The molecule has 0 aromatic carbocycles. The summed E-state index contributed by atoms with van der Waals surface area (Å²) in [5.74, 6) is -1.30. The minimum atomic E-state index is -0.650. The average molecular weight is 271 g/mol. The smallest absolute Gasteiger partial charge is 0.308 e. The highest BCUT2D eigenvalue weighted by molar-refractivity contribution is 5.90. The first-order valence-corrected chi connectivity index (χ1v) is 6.21. The lowest BCUT2D eigenvalue weighted by atomic mass is 10.1. The van der Waals surface area contributed by atoms with Crippen molar-refractivity contribution in [2.45, 2.75) is 38.8 Å². The van der Waals surface area contributed by atoms with Crippen LogP contribution in [0.15, 0.2) is 0 Å². The largest absolute Gasteiger partial charge is 0.460 e. The average Bonchev–Trinajstić information content (AvgIpc) is 2.20. The van der Waals surface area contributed by atoms with Crippen molar-refractivity contribution in [3.05, 3.63) is 0 Å². The Bertz CT molecular complexity index is 376. The maximum atomic E-state index is 12.0. The molecular weight excluding hydrogens is 250 g/mol. The topological polar surface area (TPSA) is 102 Å². The maximum Gasteiger partial charge on any atom is 0.308 e. The zero-order valence-corrected chi connectivity index (χ0v) is 11.6. The predicted molar refractivity (Wildman–Crippen MR) is 68.0 cm³/mol. The Morgan fingerprint density at radius 3 is 2.63 bits per heavy atom. The zero-order valence-electron chi connectivity index (χ0n) is 11.6. The highest BCUT2D eigenvalue weighted by Crippen LogP contribution is 2.11. The summed E-state index contributed by atoms with van der Waals surface area (Å²) in [5.41, 5.74) is 4.49. The van der Waals surface area contributed by atoms with Gasteiger partial charge in [0.05, 0.1) is 19.0 Å². The van der Waals surface area contributed by atoms with Crippen molar-refractivity contribution in [2.75, 3.05) is 19.6 Å². The molecule has 0 unspecified atom stereocenters. The van der Waals surface area contributed by atoms with Crippen LogP contribution in [0.4, 0.5) is 0 Å². The molecule has 3 N–H and O–H groups in total. The van der Waals surface area contributed by atoms with E-state index in [1.807, 2.05) is 0 Å². The maximum absolute atomic E-state index is 12.0. The highest BCUT2D eigenvalue weighted by Gasteiger charge is 2.32. The number of hydrogen-bond acceptors (Lipinski definition) is 5. The number of primary amides is 1. The lowest BCUT2D eigenvalue weighted by Gasteiger charge is -2.32. The molecule has 1 rings (SSSR count).